The molecule has 1 N–H and O–H groups in total. The lowest BCUT2D eigenvalue weighted by Gasteiger charge is -2.07. The average Bonchev–Trinajstić information content (AvgIpc) is 2.40. The van der Waals surface area contributed by atoms with Gasteiger partial charge >= 0.3 is 0 Å². The lowest BCUT2D eigenvalue weighted by atomic mass is 10.2. The Morgan fingerprint density at radius 3 is 2.15 bits per heavy atom. The van der Waals surface area contributed by atoms with E-state index in [0.717, 1.165) is 42.5 Å². The molecule has 0 aromatic heterocycles. The highest BCUT2D eigenvalue weighted by Gasteiger charge is 2.15. The monoisotopic (exact) mass is 301 g/mol. The molecule has 7 heteroatoms. The molecule has 0 radical (unpaired) electrons. The summed E-state index contributed by atoms with van der Waals surface area (Å²) in [7, 11) is -3.91. The SMILES string of the molecule is O=S(=O)(NCc1cc(F)ccc1F)c1ccc(F)cc1. The molecular formula is C13H10F3NO2S. The second-order valence-corrected chi connectivity index (χ2v) is 5.78. The predicted octanol–water partition coefficient (Wildman–Crippen LogP) is 2.58. The first-order valence-corrected chi connectivity index (χ1v) is 7.06. The molecule has 0 atom stereocenters. The van der Waals surface area contributed by atoms with Crippen LogP contribution >= 0.6 is 0 Å². The van der Waals surface area contributed by atoms with E-state index in [4.69, 9.17) is 0 Å². The van der Waals surface area contributed by atoms with E-state index in [9.17, 15) is 21.6 Å². The van der Waals surface area contributed by atoms with Crippen LogP contribution in [0.3, 0.4) is 0 Å². The number of hydrogen-bond donors (Lipinski definition) is 1. The van der Waals surface area contributed by atoms with Crippen molar-refractivity contribution in [2.45, 2.75) is 11.4 Å². The van der Waals surface area contributed by atoms with Crippen molar-refractivity contribution in [3.05, 3.63) is 65.5 Å². The van der Waals surface area contributed by atoms with Crippen molar-refractivity contribution in [1.82, 2.24) is 4.72 Å². The Balaban J connectivity index is 2.17. The van der Waals surface area contributed by atoms with E-state index in [-0.39, 0.29) is 10.5 Å². The summed E-state index contributed by atoms with van der Waals surface area (Å²) in [6, 6.07) is 6.92. The van der Waals surface area contributed by atoms with Crippen LogP contribution in [0.1, 0.15) is 5.56 Å². The minimum atomic E-state index is -3.91. The van der Waals surface area contributed by atoms with Crippen LogP contribution in [0.25, 0.3) is 0 Å². The summed E-state index contributed by atoms with van der Waals surface area (Å²) in [6.07, 6.45) is 0. The molecule has 0 amide bonds. The smallest absolute Gasteiger partial charge is 0.207 e. The van der Waals surface area contributed by atoms with Crippen LogP contribution in [0.2, 0.25) is 0 Å². The molecule has 0 saturated carbocycles. The van der Waals surface area contributed by atoms with Crippen LogP contribution in [0.5, 0.6) is 0 Å². The van der Waals surface area contributed by atoms with Crippen LogP contribution in [0, 0.1) is 17.5 Å². The first kappa shape index (κ1) is 14.5. The summed E-state index contributed by atoms with van der Waals surface area (Å²) in [5, 5.41) is 0. The van der Waals surface area contributed by atoms with Crippen molar-refractivity contribution in [3.8, 4) is 0 Å². The molecule has 0 aliphatic rings. The molecule has 0 spiro atoms. The van der Waals surface area contributed by atoms with E-state index in [1.54, 1.807) is 0 Å². The largest absolute Gasteiger partial charge is 0.240 e. The Morgan fingerprint density at radius 2 is 1.50 bits per heavy atom. The minimum absolute atomic E-state index is 0.115. The number of sulfonamides is 1. The molecule has 3 nitrogen and oxygen atoms in total. The van der Waals surface area contributed by atoms with Crippen LogP contribution in [-0.2, 0) is 16.6 Å². The number of halogens is 3. The summed E-state index contributed by atoms with van der Waals surface area (Å²) >= 11 is 0. The minimum Gasteiger partial charge on any atom is -0.207 e. The Labute approximate surface area is 114 Å². The van der Waals surface area contributed by atoms with Gasteiger partial charge in [0.2, 0.25) is 10.0 Å². The van der Waals surface area contributed by atoms with Crippen molar-refractivity contribution in [2.24, 2.45) is 0 Å². The van der Waals surface area contributed by atoms with E-state index in [1.165, 1.54) is 0 Å². The molecule has 0 heterocycles. The summed E-state index contributed by atoms with van der Waals surface area (Å²) in [4.78, 5) is -0.157. The fourth-order valence-corrected chi connectivity index (χ4v) is 2.56. The Hall–Kier alpha value is -1.86. The van der Waals surface area contributed by atoms with Gasteiger partial charge in [0.15, 0.2) is 0 Å². The topological polar surface area (TPSA) is 46.2 Å². The first-order chi connectivity index (χ1) is 9.38. The summed E-state index contributed by atoms with van der Waals surface area (Å²) < 4.78 is 64.9. The van der Waals surface area contributed by atoms with Gasteiger partial charge in [-0.15, -0.1) is 0 Å². The molecule has 2 rings (SSSR count). The van der Waals surface area contributed by atoms with Gasteiger partial charge in [0.1, 0.15) is 17.5 Å². The maximum Gasteiger partial charge on any atom is 0.240 e. The first-order valence-electron chi connectivity index (χ1n) is 5.58. The van der Waals surface area contributed by atoms with Crippen LogP contribution in [0.4, 0.5) is 13.2 Å². The summed E-state index contributed by atoms with van der Waals surface area (Å²) in [5.41, 5.74) is -0.115. The third kappa shape index (κ3) is 3.37. The molecule has 2 aromatic carbocycles. The van der Waals surface area contributed by atoms with E-state index in [2.05, 4.69) is 4.72 Å². The zero-order chi connectivity index (χ0) is 14.8. The van der Waals surface area contributed by atoms with Crippen molar-refractivity contribution in [3.63, 3.8) is 0 Å². The molecule has 0 bridgehead atoms. The molecule has 0 saturated heterocycles. The van der Waals surface area contributed by atoms with Crippen molar-refractivity contribution >= 4 is 10.0 Å². The van der Waals surface area contributed by atoms with E-state index in [1.807, 2.05) is 0 Å². The number of rotatable bonds is 4. The van der Waals surface area contributed by atoms with Crippen LogP contribution < -0.4 is 4.72 Å². The second-order valence-electron chi connectivity index (χ2n) is 4.01. The molecule has 0 aliphatic carbocycles. The number of nitrogens with one attached hydrogen (secondary N) is 1. The van der Waals surface area contributed by atoms with Gasteiger partial charge in [-0.3, -0.25) is 0 Å². The van der Waals surface area contributed by atoms with Crippen molar-refractivity contribution in [1.29, 1.82) is 0 Å². The molecule has 0 fully saturated rings. The van der Waals surface area contributed by atoms with Gasteiger partial charge in [0, 0.05) is 12.1 Å². The highest BCUT2D eigenvalue weighted by atomic mass is 32.2. The Kier molecular flexibility index (Phi) is 4.10. The van der Waals surface area contributed by atoms with Crippen LogP contribution in [-0.4, -0.2) is 8.42 Å². The quantitative estimate of drug-likeness (QED) is 0.943. The Morgan fingerprint density at radius 1 is 0.900 bits per heavy atom. The summed E-state index contributed by atoms with van der Waals surface area (Å²) in [6.45, 7) is -0.400. The van der Waals surface area contributed by atoms with E-state index in [0.29, 0.717) is 0 Å². The predicted molar refractivity (Wildman–Crippen MR) is 66.8 cm³/mol. The third-order valence-electron chi connectivity index (χ3n) is 2.58. The maximum atomic E-state index is 13.3. The lowest BCUT2D eigenvalue weighted by Crippen LogP contribution is -2.23. The average molecular weight is 301 g/mol. The molecule has 20 heavy (non-hydrogen) atoms. The maximum absolute atomic E-state index is 13.3. The van der Waals surface area contributed by atoms with Gasteiger partial charge in [-0.25, -0.2) is 26.3 Å². The highest BCUT2D eigenvalue weighted by molar-refractivity contribution is 7.89. The lowest BCUT2D eigenvalue weighted by molar-refractivity contribution is 0.566. The standard InChI is InChI=1S/C13H10F3NO2S/c14-10-1-4-12(5-2-10)20(18,19)17-8-9-7-11(15)3-6-13(9)16/h1-7,17H,8H2. The van der Waals surface area contributed by atoms with Crippen LogP contribution in [0.15, 0.2) is 47.4 Å². The zero-order valence-electron chi connectivity index (χ0n) is 10.1. The highest BCUT2D eigenvalue weighted by Crippen LogP contribution is 2.13. The number of benzene rings is 2. The fourth-order valence-electron chi connectivity index (χ4n) is 1.55. The van der Waals surface area contributed by atoms with E-state index >= 15 is 0 Å². The van der Waals surface area contributed by atoms with Gasteiger partial charge in [0.25, 0.3) is 0 Å². The van der Waals surface area contributed by atoms with Crippen molar-refractivity contribution in [2.75, 3.05) is 0 Å². The molecule has 2 aromatic rings. The second kappa shape index (κ2) is 5.64. The third-order valence-corrected chi connectivity index (χ3v) is 4.00. The molecular weight excluding hydrogens is 291 g/mol. The van der Waals surface area contributed by atoms with Gasteiger partial charge in [0.05, 0.1) is 4.90 Å². The zero-order valence-corrected chi connectivity index (χ0v) is 10.9. The van der Waals surface area contributed by atoms with Gasteiger partial charge < -0.3 is 0 Å². The Bertz CT molecular complexity index is 715. The van der Waals surface area contributed by atoms with Gasteiger partial charge in [-0.05, 0) is 42.5 Å². The molecule has 0 aliphatic heterocycles. The van der Waals surface area contributed by atoms with Gasteiger partial charge in [-0.2, -0.15) is 0 Å². The normalized spacial score (nSPS) is 11.6. The molecule has 0 unspecified atom stereocenters. The van der Waals surface area contributed by atoms with Gasteiger partial charge in [-0.1, -0.05) is 0 Å². The van der Waals surface area contributed by atoms with Crippen molar-refractivity contribution < 1.29 is 21.6 Å². The number of hydrogen-bond acceptors (Lipinski definition) is 2. The summed E-state index contributed by atoms with van der Waals surface area (Å²) in [5.74, 6) is -1.95. The fraction of sp³-hybridized carbons (Fsp3) is 0.0769. The molecule has 106 valence electrons. The van der Waals surface area contributed by atoms with E-state index < -0.39 is 34.0 Å².